The Bertz CT molecular complexity index is 763. The van der Waals surface area contributed by atoms with E-state index in [4.69, 9.17) is 0 Å². The Morgan fingerprint density at radius 3 is 2.71 bits per heavy atom. The second-order valence-electron chi connectivity index (χ2n) is 5.22. The van der Waals surface area contributed by atoms with E-state index in [1.54, 1.807) is 11.8 Å². The minimum Gasteiger partial charge on any atom is -0.360 e. The van der Waals surface area contributed by atoms with E-state index in [-0.39, 0.29) is 16.9 Å². The molecular weight excluding hydrogens is 273 g/mol. The molecule has 0 atom stereocenters. The van der Waals surface area contributed by atoms with Gasteiger partial charge in [-0.2, -0.15) is 0 Å². The Labute approximate surface area is 120 Å². The third kappa shape index (κ3) is 2.42. The largest absolute Gasteiger partial charge is 0.360 e. The molecule has 2 N–H and O–H groups in total. The van der Waals surface area contributed by atoms with Gasteiger partial charge in [-0.15, -0.1) is 0 Å². The van der Waals surface area contributed by atoms with Crippen LogP contribution >= 0.6 is 0 Å². The molecule has 1 aliphatic heterocycles. The predicted octanol–water partition coefficient (Wildman–Crippen LogP) is 1.02. The number of aryl methyl sites for hydroxylation is 1. The number of hydrogen-bond donors (Lipinski definition) is 2. The lowest BCUT2D eigenvalue weighted by Gasteiger charge is -2.27. The summed E-state index contributed by atoms with van der Waals surface area (Å²) in [6.45, 7) is 4.28. The van der Waals surface area contributed by atoms with Gasteiger partial charge in [0.15, 0.2) is 0 Å². The number of nitrogens with zero attached hydrogens (tertiary/aromatic N) is 1. The number of rotatable bonds is 1. The van der Waals surface area contributed by atoms with Crippen molar-refractivity contribution in [2.75, 3.05) is 26.2 Å². The van der Waals surface area contributed by atoms with Gasteiger partial charge in [0.1, 0.15) is 11.4 Å². The molecule has 1 aromatic heterocycles. The number of benzene rings is 1. The fourth-order valence-electron chi connectivity index (χ4n) is 2.67. The standard InChI is InChI=1S/C15H16FN3O2/c1-9-6-10(16)7-11-13(9)18-8-12(14(11)20)15(21)19-4-2-17-3-5-19/h6-8,17H,2-5H2,1H3,(H,18,20). The number of amides is 1. The first-order valence-corrected chi connectivity index (χ1v) is 6.89. The van der Waals surface area contributed by atoms with Crippen molar-refractivity contribution in [1.82, 2.24) is 15.2 Å². The maximum atomic E-state index is 13.5. The van der Waals surface area contributed by atoms with Crippen molar-refractivity contribution in [3.63, 3.8) is 0 Å². The quantitative estimate of drug-likeness (QED) is 0.824. The van der Waals surface area contributed by atoms with Crippen LogP contribution in [0.3, 0.4) is 0 Å². The van der Waals surface area contributed by atoms with Gasteiger partial charge in [-0.1, -0.05) is 0 Å². The Morgan fingerprint density at radius 1 is 1.29 bits per heavy atom. The molecule has 0 unspecified atom stereocenters. The topological polar surface area (TPSA) is 65.2 Å². The number of H-pyrrole nitrogens is 1. The molecule has 1 saturated heterocycles. The van der Waals surface area contributed by atoms with Crippen molar-refractivity contribution in [2.24, 2.45) is 0 Å². The number of aromatic nitrogens is 1. The van der Waals surface area contributed by atoms with Crippen LogP contribution in [0.4, 0.5) is 4.39 Å². The molecule has 5 nitrogen and oxygen atoms in total. The molecule has 1 aliphatic rings. The lowest BCUT2D eigenvalue weighted by Crippen LogP contribution is -2.47. The van der Waals surface area contributed by atoms with Gasteiger partial charge in [0.2, 0.25) is 5.43 Å². The van der Waals surface area contributed by atoms with Crippen LogP contribution in [0.2, 0.25) is 0 Å². The van der Waals surface area contributed by atoms with Crippen LogP contribution < -0.4 is 10.7 Å². The molecule has 6 heteroatoms. The molecule has 2 aromatic rings. The molecule has 0 aliphatic carbocycles. The Balaban J connectivity index is 2.09. The highest BCUT2D eigenvalue weighted by Gasteiger charge is 2.21. The van der Waals surface area contributed by atoms with Crippen molar-refractivity contribution in [3.05, 3.63) is 45.5 Å². The van der Waals surface area contributed by atoms with Crippen molar-refractivity contribution in [2.45, 2.75) is 6.92 Å². The highest BCUT2D eigenvalue weighted by molar-refractivity contribution is 5.97. The van der Waals surface area contributed by atoms with Crippen LogP contribution in [0.15, 0.2) is 23.1 Å². The lowest BCUT2D eigenvalue weighted by atomic mass is 10.1. The van der Waals surface area contributed by atoms with Crippen LogP contribution in [-0.2, 0) is 0 Å². The Hall–Kier alpha value is -2.21. The summed E-state index contributed by atoms with van der Waals surface area (Å²) in [6.07, 6.45) is 1.43. The minimum atomic E-state index is -0.475. The zero-order valence-corrected chi connectivity index (χ0v) is 11.7. The number of carbonyl (C=O) groups excluding carboxylic acids is 1. The zero-order chi connectivity index (χ0) is 15.0. The maximum Gasteiger partial charge on any atom is 0.259 e. The number of halogens is 1. The molecule has 3 rings (SSSR count). The highest BCUT2D eigenvalue weighted by atomic mass is 19.1. The molecule has 0 radical (unpaired) electrons. The molecule has 1 fully saturated rings. The summed E-state index contributed by atoms with van der Waals surface area (Å²) in [7, 11) is 0. The van der Waals surface area contributed by atoms with Gasteiger partial charge < -0.3 is 15.2 Å². The van der Waals surface area contributed by atoms with Crippen molar-refractivity contribution in [3.8, 4) is 0 Å². The summed E-state index contributed by atoms with van der Waals surface area (Å²) in [4.78, 5) is 29.5. The monoisotopic (exact) mass is 289 g/mol. The van der Waals surface area contributed by atoms with Gasteiger partial charge in [-0.05, 0) is 24.6 Å². The Kier molecular flexibility index (Phi) is 3.47. The van der Waals surface area contributed by atoms with Gasteiger partial charge in [0.25, 0.3) is 5.91 Å². The average Bonchev–Trinajstić information content (AvgIpc) is 2.48. The summed E-state index contributed by atoms with van der Waals surface area (Å²) < 4.78 is 13.5. The number of carbonyl (C=O) groups is 1. The average molecular weight is 289 g/mol. The molecule has 0 spiro atoms. The number of hydrogen-bond acceptors (Lipinski definition) is 3. The SMILES string of the molecule is Cc1cc(F)cc2c(=O)c(C(=O)N3CCNCC3)c[nH]c12. The van der Waals surface area contributed by atoms with Crippen LogP contribution in [0.5, 0.6) is 0 Å². The van der Waals surface area contributed by atoms with Crippen LogP contribution in [0.25, 0.3) is 10.9 Å². The summed E-state index contributed by atoms with van der Waals surface area (Å²) >= 11 is 0. The molecule has 2 heterocycles. The normalized spacial score (nSPS) is 15.4. The number of pyridine rings is 1. The van der Waals surface area contributed by atoms with E-state index in [1.807, 2.05) is 0 Å². The van der Waals surface area contributed by atoms with Gasteiger partial charge in [-0.3, -0.25) is 9.59 Å². The van der Waals surface area contributed by atoms with E-state index in [1.165, 1.54) is 18.3 Å². The first-order valence-electron chi connectivity index (χ1n) is 6.89. The Morgan fingerprint density at radius 2 is 2.00 bits per heavy atom. The van der Waals surface area contributed by atoms with E-state index >= 15 is 0 Å². The molecule has 0 saturated carbocycles. The van der Waals surface area contributed by atoms with Crippen molar-refractivity contribution < 1.29 is 9.18 Å². The van der Waals surface area contributed by atoms with Crippen molar-refractivity contribution in [1.29, 1.82) is 0 Å². The molecule has 110 valence electrons. The number of piperazine rings is 1. The highest BCUT2D eigenvalue weighted by Crippen LogP contribution is 2.16. The van der Waals surface area contributed by atoms with Crippen LogP contribution in [0, 0.1) is 12.7 Å². The second-order valence-corrected chi connectivity index (χ2v) is 5.22. The molecule has 1 amide bonds. The predicted molar refractivity (Wildman–Crippen MR) is 78.0 cm³/mol. The summed E-state index contributed by atoms with van der Waals surface area (Å²) in [5.41, 5.74) is 0.853. The second kappa shape index (κ2) is 5.29. The molecule has 0 bridgehead atoms. The molecular formula is C15H16FN3O2. The van der Waals surface area contributed by atoms with Crippen LogP contribution in [0.1, 0.15) is 15.9 Å². The number of fused-ring (bicyclic) bond motifs is 1. The van der Waals surface area contributed by atoms with E-state index in [0.717, 1.165) is 0 Å². The lowest BCUT2D eigenvalue weighted by molar-refractivity contribution is 0.0734. The first-order chi connectivity index (χ1) is 10.1. The summed E-state index contributed by atoms with van der Waals surface area (Å²) in [5, 5.41) is 3.37. The van der Waals surface area contributed by atoms with Gasteiger partial charge in [-0.25, -0.2) is 4.39 Å². The van der Waals surface area contributed by atoms with Gasteiger partial charge >= 0.3 is 0 Å². The number of aromatic amines is 1. The molecule has 1 aromatic carbocycles. The van der Waals surface area contributed by atoms with E-state index < -0.39 is 11.2 Å². The smallest absolute Gasteiger partial charge is 0.259 e. The number of nitrogens with one attached hydrogen (secondary N) is 2. The van der Waals surface area contributed by atoms with E-state index in [9.17, 15) is 14.0 Å². The van der Waals surface area contributed by atoms with Crippen molar-refractivity contribution >= 4 is 16.8 Å². The van der Waals surface area contributed by atoms with E-state index in [0.29, 0.717) is 37.3 Å². The zero-order valence-electron chi connectivity index (χ0n) is 11.7. The maximum absolute atomic E-state index is 13.5. The fourth-order valence-corrected chi connectivity index (χ4v) is 2.67. The fraction of sp³-hybridized carbons (Fsp3) is 0.333. The minimum absolute atomic E-state index is 0.0643. The van der Waals surface area contributed by atoms with E-state index in [2.05, 4.69) is 10.3 Å². The van der Waals surface area contributed by atoms with Gasteiger partial charge in [0.05, 0.1) is 5.52 Å². The third-order valence-corrected chi connectivity index (χ3v) is 3.79. The summed E-state index contributed by atoms with van der Waals surface area (Å²) in [5.74, 6) is -0.779. The van der Waals surface area contributed by atoms with Crippen LogP contribution in [-0.4, -0.2) is 42.0 Å². The molecule has 21 heavy (non-hydrogen) atoms. The first kappa shape index (κ1) is 13.8. The third-order valence-electron chi connectivity index (χ3n) is 3.79. The van der Waals surface area contributed by atoms with Gasteiger partial charge in [0, 0.05) is 37.8 Å². The summed E-state index contributed by atoms with van der Waals surface area (Å²) in [6, 6.07) is 2.53.